The number of benzene rings is 2. The van der Waals surface area contributed by atoms with Crippen molar-refractivity contribution in [3.63, 3.8) is 0 Å². The van der Waals surface area contributed by atoms with Crippen LogP contribution in [0.15, 0.2) is 47.3 Å². The van der Waals surface area contributed by atoms with E-state index in [4.69, 9.17) is 9.72 Å². The molecule has 1 spiro atoms. The number of hydrogen-bond acceptors (Lipinski definition) is 3. The molecule has 0 bridgehead atoms. The lowest BCUT2D eigenvalue weighted by molar-refractivity contribution is -0.00907. The summed E-state index contributed by atoms with van der Waals surface area (Å²) >= 11 is 0. The number of aromatic nitrogens is 2. The minimum Gasteiger partial charge on any atom is -0.375 e. The zero-order valence-electron chi connectivity index (χ0n) is 15.1. The van der Waals surface area contributed by atoms with Crippen LogP contribution >= 0.6 is 0 Å². The standard InChI is InChI=1S/C22H21FN2O2/c23-17-4-1-3-15(13-17)16-5-6-18-19(14-16)24-20-7-9-22(8-2-12-27-22)10-11-25(20)21(18)26/h1,3-6,13-14H,2,7-12H2. The number of aryl methyl sites for hydroxylation is 1. The Morgan fingerprint density at radius 1 is 1.07 bits per heavy atom. The minimum atomic E-state index is -0.274. The maximum Gasteiger partial charge on any atom is 0.261 e. The number of hydrogen-bond donors (Lipinski definition) is 0. The van der Waals surface area contributed by atoms with E-state index in [0.29, 0.717) is 17.4 Å². The van der Waals surface area contributed by atoms with Crippen molar-refractivity contribution < 1.29 is 9.13 Å². The molecule has 1 saturated heterocycles. The van der Waals surface area contributed by atoms with Crippen LogP contribution in [-0.2, 0) is 17.7 Å². The first-order valence-electron chi connectivity index (χ1n) is 9.57. The van der Waals surface area contributed by atoms with E-state index >= 15 is 0 Å². The normalized spacial score (nSPS) is 22.1. The molecule has 1 unspecified atom stereocenters. The van der Waals surface area contributed by atoms with Crippen LogP contribution in [0.25, 0.3) is 22.0 Å². The third kappa shape index (κ3) is 2.86. The summed E-state index contributed by atoms with van der Waals surface area (Å²) in [6.45, 7) is 1.47. The first-order chi connectivity index (χ1) is 13.1. The Bertz CT molecular complexity index is 1080. The zero-order chi connectivity index (χ0) is 18.4. The van der Waals surface area contributed by atoms with E-state index in [1.54, 1.807) is 6.07 Å². The van der Waals surface area contributed by atoms with E-state index in [9.17, 15) is 9.18 Å². The first-order valence-corrected chi connectivity index (χ1v) is 9.57. The van der Waals surface area contributed by atoms with Crippen LogP contribution in [-0.4, -0.2) is 21.8 Å². The van der Waals surface area contributed by atoms with Crippen molar-refractivity contribution >= 4 is 10.9 Å². The Hall–Kier alpha value is -2.53. The van der Waals surface area contributed by atoms with Crippen LogP contribution in [0.1, 0.15) is 31.5 Å². The molecule has 5 rings (SSSR count). The summed E-state index contributed by atoms with van der Waals surface area (Å²) in [4.78, 5) is 17.9. The molecule has 0 N–H and O–H groups in total. The second-order valence-electron chi connectivity index (χ2n) is 7.61. The summed E-state index contributed by atoms with van der Waals surface area (Å²) in [7, 11) is 0. The summed E-state index contributed by atoms with van der Waals surface area (Å²) < 4.78 is 21.4. The molecule has 0 aliphatic carbocycles. The fraction of sp³-hybridized carbons (Fsp3) is 0.364. The van der Waals surface area contributed by atoms with Gasteiger partial charge in [0.2, 0.25) is 0 Å². The van der Waals surface area contributed by atoms with Crippen molar-refractivity contribution in [2.75, 3.05) is 6.61 Å². The molecule has 2 aliphatic heterocycles. The summed E-state index contributed by atoms with van der Waals surface area (Å²) in [6.07, 6.45) is 4.69. The minimum absolute atomic E-state index is 0.0100. The number of rotatable bonds is 1. The van der Waals surface area contributed by atoms with Crippen LogP contribution in [0.4, 0.5) is 4.39 Å². The zero-order valence-corrected chi connectivity index (χ0v) is 15.1. The van der Waals surface area contributed by atoms with Crippen molar-refractivity contribution in [3.8, 4) is 11.1 Å². The predicted octanol–water partition coefficient (Wildman–Crippen LogP) is 4.09. The van der Waals surface area contributed by atoms with Gasteiger partial charge in [-0.1, -0.05) is 18.2 Å². The van der Waals surface area contributed by atoms with Gasteiger partial charge in [-0.25, -0.2) is 9.37 Å². The number of nitrogens with zero attached hydrogens (tertiary/aromatic N) is 2. The maximum atomic E-state index is 13.6. The highest BCUT2D eigenvalue weighted by molar-refractivity contribution is 5.83. The fourth-order valence-electron chi connectivity index (χ4n) is 4.47. The maximum absolute atomic E-state index is 13.6. The quantitative estimate of drug-likeness (QED) is 0.653. The van der Waals surface area contributed by atoms with E-state index in [-0.39, 0.29) is 17.0 Å². The highest BCUT2D eigenvalue weighted by Gasteiger charge is 2.37. The molecule has 3 aromatic rings. The lowest BCUT2D eigenvalue weighted by atomic mass is 9.91. The Morgan fingerprint density at radius 2 is 1.96 bits per heavy atom. The third-order valence-electron chi connectivity index (χ3n) is 5.97. The van der Waals surface area contributed by atoms with Crippen molar-refractivity contribution in [2.24, 2.45) is 0 Å². The molecule has 3 heterocycles. The molecule has 2 aliphatic rings. The number of halogens is 1. The Balaban J connectivity index is 1.59. The molecular weight excluding hydrogens is 343 g/mol. The van der Waals surface area contributed by atoms with Gasteiger partial charge in [0, 0.05) is 19.6 Å². The molecule has 1 fully saturated rings. The van der Waals surface area contributed by atoms with Crippen molar-refractivity contribution in [3.05, 3.63) is 64.5 Å². The Kier molecular flexibility index (Phi) is 3.86. The first kappa shape index (κ1) is 16.6. The molecule has 27 heavy (non-hydrogen) atoms. The lowest BCUT2D eigenvalue weighted by Gasteiger charge is -2.25. The number of ether oxygens (including phenoxy) is 1. The van der Waals surface area contributed by atoms with Gasteiger partial charge in [-0.15, -0.1) is 0 Å². The lowest BCUT2D eigenvalue weighted by Crippen LogP contribution is -2.29. The largest absolute Gasteiger partial charge is 0.375 e. The Labute approximate surface area is 156 Å². The molecule has 138 valence electrons. The van der Waals surface area contributed by atoms with Gasteiger partial charge < -0.3 is 4.74 Å². The third-order valence-corrected chi connectivity index (χ3v) is 5.97. The van der Waals surface area contributed by atoms with Gasteiger partial charge in [-0.2, -0.15) is 0 Å². The van der Waals surface area contributed by atoms with Gasteiger partial charge in [0.15, 0.2) is 0 Å². The van der Waals surface area contributed by atoms with Gasteiger partial charge in [-0.3, -0.25) is 9.36 Å². The molecule has 1 aromatic heterocycles. The van der Waals surface area contributed by atoms with E-state index in [2.05, 4.69) is 0 Å². The summed E-state index contributed by atoms with van der Waals surface area (Å²) in [5.41, 5.74) is 2.25. The molecule has 0 amide bonds. The average molecular weight is 364 g/mol. The predicted molar refractivity (Wildman–Crippen MR) is 102 cm³/mol. The highest BCUT2D eigenvalue weighted by Crippen LogP contribution is 2.36. The van der Waals surface area contributed by atoms with Gasteiger partial charge in [-0.05, 0) is 61.1 Å². The highest BCUT2D eigenvalue weighted by atomic mass is 19.1. The molecular formula is C22H21FN2O2. The topological polar surface area (TPSA) is 44.1 Å². The van der Waals surface area contributed by atoms with Gasteiger partial charge in [0.25, 0.3) is 5.56 Å². The second-order valence-corrected chi connectivity index (χ2v) is 7.61. The van der Waals surface area contributed by atoms with Crippen molar-refractivity contribution in [1.82, 2.24) is 9.55 Å². The van der Waals surface area contributed by atoms with E-state index in [1.807, 2.05) is 28.8 Å². The summed E-state index contributed by atoms with van der Waals surface area (Å²) in [5, 5.41) is 0.613. The molecule has 4 nitrogen and oxygen atoms in total. The van der Waals surface area contributed by atoms with E-state index in [1.165, 1.54) is 12.1 Å². The van der Waals surface area contributed by atoms with Crippen LogP contribution < -0.4 is 5.56 Å². The van der Waals surface area contributed by atoms with Crippen LogP contribution in [0.2, 0.25) is 0 Å². The molecule has 5 heteroatoms. The fourth-order valence-corrected chi connectivity index (χ4v) is 4.47. The van der Waals surface area contributed by atoms with Crippen LogP contribution in [0, 0.1) is 5.82 Å². The smallest absolute Gasteiger partial charge is 0.261 e. The van der Waals surface area contributed by atoms with Crippen LogP contribution in [0.5, 0.6) is 0 Å². The molecule has 0 radical (unpaired) electrons. The molecule has 2 aromatic carbocycles. The van der Waals surface area contributed by atoms with E-state index in [0.717, 1.165) is 55.7 Å². The SMILES string of the molecule is O=c1c2ccc(-c3cccc(F)c3)cc2nc2n1CCC1(CCCO1)CC2. The van der Waals surface area contributed by atoms with Crippen molar-refractivity contribution in [2.45, 2.75) is 44.2 Å². The van der Waals surface area contributed by atoms with Gasteiger partial charge >= 0.3 is 0 Å². The van der Waals surface area contributed by atoms with Crippen molar-refractivity contribution in [1.29, 1.82) is 0 Å². The number of fused-ring (bicyclic) bond motifs is 2. The van der Waals surface area contributed by atoms with Gasteiger partial charge in [0.05, 0.1) is 16.5 Å². The van der Waals surface area contributed by atoms with Crippen LogP contribution in [0.3, 0.4) is 0 Å². The Morgan fingerprint density at radius 3 is 2.78 bits per heavy atom. The van der Waals surface area contributed by atoms with E-state index < -0.39 is 0 Å². The van der Waals surface area contributed by atoms with Gasteiger partial charge in [0.1, 0.15) is 11.6 Å². The summed E-state index contributed by atoms with van der Waals surface area (Å²) in [5.74, 6) is 0.556. The average Bonchev–Trinajstić information content (AvgIpc) is 3.06. The molecule has 1 atom stereocenters. The molecule has 0 saturated carbocycles. The second kappa shape index (κ2) is 6.27. The monoisotopic (exact) mass is 364 g/mol. The summed E-state index contributed by atoms with van der Waals surface area (Å²) in [6, 6.07) is 12.0.